The molecule has 9 heteroatoms. The highest BCUT2D eigenvalue weighted by Crippen LogP contribution is 2.14. The van der Waals surface area contributed by atoms with Gasteiger partial charge in [0.05, 0.1) is 9.77 Å². The largest absolute Gasteiger partial charge is 0.332 e. The Morgan fingerprint density at radius 2 is 1.69 bits per heavy atom. The topological polar surface area (TPSA) is 87.3 Å². The number of hydrogen-bond donors (Lipinski definition) is 3. The number of thiophene rings is 1. The summed E-state index contributed by atoms with van der Waals surface area (Å²) in [4.78, 5) is 12.7. The summed E-state index contributed by atoms with van der Waals surface area (Å²) >= 11 is 6.44. The molecule has 1 heterocycles. The molecule has 29 heavy (non-hydrogen) atoms. The minimum atomic E-state index is -3.60. The smallest absolute Gasteiger partial charge is 0.267 e. The standard InChI is InChI=1S/C20H19N3O3S3/c24-19(18-7-4-14-28-18)23-20(27)22-16-8-10-17(11-9-16)29(25,26)21-13-12-15-5-2-1-3-6-15/h1-11,14,21H,12-13H2,(H2,22,23,24,27). The molecular formula is C20H19N3O3S3. The summed E-state index contributed by atoms with van der Waals surface area (Å²) < 4.78 is 27.4. The van der Waals surface area contributed by atoms with Gasteiger partial charge in [0.15, 0.2) is 5.11 Å². The molecular weight excluding hydrogens is 426 g/mol. The fraction of sp³-hybridized carbons (Fsp3) is 0.100. The van der Waals surface area contributed by atoms with Gasteiger partial charge in [0.1, 0.15) is 0 Å². The summed E-state index contributed by atoms with van der Waals surface area (Å²) in [6.07, 6.45) is 0.609. The minimum absolute atomic E-state index is 0.139. The highest BCUT2D eigenvalue weighted by atomic mass is 32.2. The van der Waals surface area contributed by atoms with Gasteiger partial charge in [-0.05, 0) is 59.9 Å². The molecule has 150 valence electrons. The average Bonchev–Trinajstić information content (AvgIpc) is 3.24. The van der Waals surface area contributed by atoms with Crippen molar-refractivity contribution in [2.45, 2.75) is 11.3 Å². The number of amides is 1. The van der Waals surface area contributed by atoms with E-state index in [9.17, 15) is 13.2 Å². The molecule has 2 aromatic carbocycles. The van der Waals surface area contributed by atoms with E-state index >= 15 is 0 Å². The molecule has 0 atom stereocenters. The number of thiocarbonyl (C=S) groups is 1. The maximum Gasteiger partial charge on any atom is 0.267 e. The highest BCUT2D eigenvalue weighted by molar-refractivity contribution is 7.89. The van der Waals surface area contributed by atoms with E-state index in [1.807, 2.05) is 30.3 Å². The first kappa shape index (κ1) is 21.1. The van der Waals surface area contributed by atoms with E-state index in [1.165, 1.54) is 23.5 Å². The van der Waals surface area contributed by atoms with Crippen LogP contribution in [-0.2, 0) is 16.4 Å². The molecule has 1 aromatic heterocycles. The number of anilines is 1. The molecule has 1 amide bonds. The summed E-state index contributed by atoms with van der Waals surface area (Å²) in [5.74, 6) is -0.292. The first-order valence-electron chi connectivity index (χ1n) is 8.73. The van der Waals surface area contributed by atoms with Crippen molar-refractivity contribution in [3.63, 3.8) is 0 Å². The van der Waals surface area contributed by atoms with Gasteiger partial charge in [-0.25, -0.2) is 13.1 Å². The Kier molecular flexibility index (Phi) is 7.10. The van der Waals surface area contributed by atoms with E-state index < -0.39 is 10.0 Å². The fourth-order valence-corrected chi connectivity index (χ4v) is 4.37. The molecule has 0 unspecified atom stereocenters. The number of rotatable bonds is 7. The maximum atomic E-state index is 12.4. The van der Waals surface area contributed by atoms with Gasteiger partial charge >= 0.3 is 0 Å². The molecule has 6 nitrogen and oxygen atoms in total. The third-order valence-corrected chi connectivity index (χ3v) is 6.49. The van der Waals surface area contributed by atoms with Crippen LogP contribution in [0, 0.1) is 0 Å². The second kappa shape index (κ2) is 9.75. The summed E-state index contributed by atoms with van der Waals surface area (Å²) in [6.45, 7) is 0.311. The van der Waals surface area contributed by atoms with Crippen LogP contribution in [0.4, 0.5) is 5.69 Å². The zero-order valence-corrected chi connectivity index (χ0v) is 17.7. The second-order valence-corrected chi connectivity index (χ2v) is 9.17. The van der Waals surface area contributed by atoms with E-state index in [1.54, 1.807) is 29.6 Å². The van der Waals surface area contributed by atoms with Gasteiger partial charge in [-0.2, -0.15) is 0 Å². The Balaban J connectivity index is 1.53. The molecule has 0 saturated heterocycles. The molecule has 0 aliphatic heterocycles. The Hall–Kier alpha value is -2.59. The lowest BCUT2D eigenvalue weighted by molar-refractivity contribution is 0.0981. The van der Waals surface area contributed by atoms with Crippen LogP contribution in [0.3, 0.4) is 0 Å². The first-order valence-corrected chi connectivity index (χ1v) is 11.5. The van der Waals surface area contributed by atoms with Crippen LogP contribution in [0.5, 0.6) is 0 Å². The van der Waals surface area contributed by atoms with Gasteiger partial charge in [-0.3, -0.25) is 10.1 Å². The molecule has 0 bridgehead atoms. The van der Waals surface area contributed by atoms with Crippen LogP contribution in [-0.4, -0.2) is 26.0 Å². The molecule has 3 aromatic rings. The van der Waals surface area contributed by atoms with Crippen LogP contribution >= 0.6 is 23.6 Å². The lowest BCUT2D eigenvalue weighted by Crippen LogP contribution is -2.33. The van der Waals surface area contributed by atoms with Gasteiger partial charge < -0.3 is 5.32 Å². The maximum absolute atomic E-state index is 12.4. The third-order valence-electron chi connectivity index (χ3n) is 3.94. The SMILES string of the molecule is O=C(NC(=S)Nc1ccc(S(=O)(=O)NCCc2ccccc2)cc1)c1cccs1. The molecule has 0 aliphatic carbocycles. The van der Waals surface area contributed by atoms with Crippen LogP contribution < -0.4 is 15.4 Å². The lowest BCUT2D eigenvalue weighted by Gasteiger charge is -2.10. The molecule has 0 saturated carbocycles. The zero-order chi connectivity index (χ0) is 20.7. The van der Waals surface area contributed by atoms with Crippen LogP contribution in [0.15, 0.2) is 77.0 Å². The Bertz CT molecular complexity index is 1070. The van der Waals surface area contributed by atoms with Gasteiger partial charge in [-0.1, -0.05) is 36.4 Å². The first-order chi connectivity index (χ1) is 13.9. The fourth-order valence-electron chi connectivity index (χ4n) is 2.51. The summed E-state index contributed by atoms with van der Waals surface area (Å²) in [5.41, 5.74) is 1.64. The normalized spacial score (nSPS) is 11.0. The summed E-state index contributed by atoms with van der Waals surface area (Å²) in [7, 11) is -3.60. The van der Waals surface area contributed by atoms with Crippen LogP contribution in [0.25, 0.3) is 0 Å². The summed E-state index contributed by atoms with van der Waals surface area (Å²) in [6, 6.07) is 19.3. The number of hydrogen-bond acceptors (Lipinski definition) is 5. The minimum Gasteiger partial charge on any atom is -0.332 e. The molecule has 0 fully saturated rings. The van der Waals surface area contributed by atoms with E-state index in [0.717, 1.165) is 5.56 Å². The van der Waals surface area contributed by atoms with Gasteiger partial charge in [0.25, 0.3) is 5.91 Å². The van der Waals surface area contributed by atoms with E-state index in [0.29, 0.717) is 23.5 Å². The van der Waals surface area contributed by atoms with Crippen LogP contribution in [0.1, 0.15) is 15.2 Å². The van der Waals surface area contributed by atoms with Gasteiger partial charge in [0.2, 0.25) is 10.0 Å². The van der Waals surface area contributed by atoms with Crippen molar-refractivity contribution in [1.82, 2.24) is 10.0 Å². The lowest BCUT2D eigenvalue weighted by atomic mass is 10.2. The molecule has 0 aliphatic rings. The number of sulfonamides is 1. The van der Waals surface area contributed by atoms with E-state index in [-0.39, 0.29) is 15.9 Å². The number of carbonyl (C=O) groups is 1. The van der Waals surface area contributed by atoms with Crippen molar-refractivity contribution in [2.24, 2.45) is 0 Å². The van der Waals surface area contributed by atoms with Crippen molar-refractivity contribution in [1.29, 1.82) is 0 Å². The molecule has 0 spiro atoms. The predicted octanol–water partition coefficient (Wildman–Crippen LogP) is 3.40. The zero-order valence-electron chi connectivity index (χ0n) is 15.3. The number of carbonyl (C=O) groups excluding carboxylic acids is 1. The van der Waals surface area contributed by atoms with Crippen molar-refractivity contribution in [3.05, 3.63) is 82.6 Å². The van der Waals surface area contributed by atoms with Gasteiger partial charge in [-0.15, -0.1) is 11.3 Å². The number of nitrogens with one attached hydrogen (secondary N) is 3. The third kappa shape index (κ3) is 6.20. The van der Waals surface area contributed by atoms with Crippen molar-refractivity contribution in [2.75, 3.05) is 11.9 Å². The van der Waals surface area contributed by atoms with E-state index in [4.69, 9.17) is 12.2 Å². The second-order valence-electron chi connectivity index (χ2n) is 6.04. The Morgan fingerprint density at radius 1 is 0.966 bits per heavy atom. The van der Waals surface area contributed by atoms with Crippen LogP contribution in [0.2, 0.25) is 0 Å². The van der Waals surface area contributed by atoms with Gasteiger partial charge in [0, 0.05) is 12.2 Å². The Labute approximate surface area is 179 Å². The predicted molar refractivity (Wildman–Crippen MR) is 120 cm³/mol. The molecule has 0 radical (unpaired) electrons. The average molecular weight is 446 g/mol. The quantitative estimate of drug-likeness (QED) is 0.485. The molecule has 3 N–H and O–H groups in total. The molecule has 3 rings (SSSR count). The highest BCUT2D eigenvalue weighted by Gasteiger charge is 2.14. The monoisotopic (exact) mass is 445 g/mol. The van der Waals surface area contributed by atoms with E-state index in [2.05, 4.69) is 15.4 Å². The van der Waals surface area contributed by atoms with Crippen molar-refractivity contribution >= 4 is 50.3 Å². The summed E-state index contributed by atoms with van der Waals surface area (Å²) in [5, 5.41) is 7.39. The Morgan fingerprint density at radius 3 is 2.34 bits per heavy atom. The van der Waals surface area contributed by atoms with Crippen molar-refractivity contribution in [3.8, 4) is 0 Å². The number of benzene rings is 2. The van der Waals surface area contributed by atoms with Crippen molar-refractivity contribution < 1.29 is 13.2 Å².